The van der Waals surface area contributed by atoms with Crippen LogP contribution < -0.4 is 0 Å². The Morgan fingerprint density at radius 3 is 2.67 bits per heavy atom. The van der Waals surface area contributed by atoms with Gasteiger partial charge in [-0.3, -0.25) is 10.1 Å². The number of nitro groups is 1. The largest absolute Gasteiger partial charge is 0.316 e. The van der Waals surface area contributed by atoms with Gasteiger partial charge in [-0.15, -0.1) is 4.80 Å². The fraction of sp³-hybridized carbons (Fsp3) is 0. The van der Waals surface area contributed by atoms with Crippen molar-refractivity contribution < 1.29 is 4.92 Å². The summed E-state index contributed by atoms with van der Waals surface area (Å²) in [6, 6.07) is 1.42. The quantitative estimate of drug-likeness (QED) is 0.471. The molecule has 0 bridgehead atoms. The second kappa shape index (κ2) is 3.88. The van der Waals surface area contributed by atoms with E-state index in [1.165, 1.54) is 24.7 Å². The Morgan fingerprint density at radius 2 is 2.07 bits per heavy atom. The van der Waals surface area contributed by atoms with Gasteiger partial charge in [0.2, 0.25) is 0 Å². The minimum atomic E-state index is -0.506. The molecule has 0 spiro atoms. The van der Waals surface area contributed by atoms with E-state index in [1.807, 2.05) is 22.6 Å². The highest BCUT2D eigenvalue weighted by Crippen LogP contribution is 2.20. The third-order valence-corrected chi connectivity index (χ3v) is 2.21. The summed E-state index contributed by atoms with van der Waals surface area (Å²) in [5.41, 5.74) is -0.113. The van der Waals surface area contributed by atoms with Crippen molar-refractivity contribution >= 4 is 28.3 Å². The van der Waals surface area contributed by atoms with Crippen LogP contribution in [0.1, 0.15) is 0 Å². The van der Waals surface area contributed by atoms with E-state index < -0.39 is 4.92 Å². The normalized spacial score (nSPS) is 10.2. The summed E-state index contributed by atoms with van der Waals surface area (Å²) >= 11 is 1.96. The molecule has 0 radical (unpaired) electrons. The lowest BCUT2D eigenvalue weighted by Crippen LogP contribution is -2.06. The van der Waals surface area contributed by atoms with Crippen LogP contribution in [-0.4, -0.2) is 24.9 Å². The zero-order chi connectivity index (χ0) is 10.8. The van der Waals surface area contributed by atoms with Crippen LogP contribution in [0.15, 0.2) is 24.7 Å². The van der Waals surface area contributed by atoms with E-state index in [0.717, 1.165) is 4.80 Å². The molecule has 0 saturated heterocycles. The molecule has 2 rings (SSSR count). The molecule has 7 nitrogen and oxygen atoms in total. The molecule has 2 heterocycles. The van der Waals surface area contributed by atoms with Crippen molar-refractivity contribution in [1.82, 2.24) is 20.0 Å². The average Bonchev–Trinajstić information content (AvgIpc) is 2.70. The highest BCUT2D eigenvalue weighted by Gasteiger charge is 2.18. The molecule has 0 aliphatic carbocycles. The first-order valence-electron chi connectivity index (χ1n) is 3.85. The molecule has 0 aliphatic heterocycles. The fourth-order valence-electron chi connectivity index (χ4n) is 1.03. The first kappa shape index (κ1) is 9.96. The Bertz CT molecular complexity index is 498. The van der Waals surface area contributed by atoms with E-state index in [-0.39, 0.29) is 11.5 Å². The third-order valence-electron chi connectivity index (χ3n) is 1.62. The van der Waals surface area contributed by atoms with Gasteiger partial charge in [0.25, 0.3) is 5.82 Å². The van der Waals surface area contributed by atoms with Gasteiger partial charge in [-0.2, -0.15) is 10.2 Å². The summed E-state index contributed by atoms with van der Waals surface area (Å²) in [4.78, 5) is 15.3. The van der Waals surface area contributed by atoms with Crippen molar-refractivity contribution in [2.75, 3.05) is 0 Å². The van der Waals surface area contributed by atoms with Gasteiger partial charge in [0.05, 0.1) is 17.3 Å². The standard InChI is InChI=1S/C7H4IN5O2/c8-5-3-6(13(14)15)7(9-4-5)12-10-1-2-11-12/h1-4H. The zero-order valence-corrected chi connectivity index (χ0v) is 9.40. The van der Waals surface area contributed by atoms with Crippen LogP contribution in [0, 0.1) is 13.7 Å². The van der Waals surface area contributed by atoms with E-state index in [1.54, 1.807) is 0 Å². The lowest BCUT2D eigenvalue weighted by Gasteiger charge is -2.00. The molecule has 76 valence electrons. The van der Waals surface area contributed by atoms with Gasteiger partial charge in [0.1, 0.15) is 0 Å². The summed E-state index contributed by atoms with van der Waals surface area (Å²) in [5, 5.41) is 18.4. The van der Waals surface area contributed by atoms with Crippen LogP contribution in [0.2, 0.25) is 0 Å². The molecule has 15 heavy (non-hydrogen) atoms. The molecule has 2 aromatic rings. The predicted molar refractivity (Wildman–Crippen MR) is 58.5 cm³/mol. The Morgan fingerprint density at radius 1 is 1.40 bits per heavy atom. The molecule has 0 aromatic carbocycles. The molecule has 0 saturated carbocycles. The van der Waals surface area contributed by atoms with Crippen molar-refractivity contribution in [3.63, 3.8) is 0 Å². The molecule has 0 aliphatic rings. The number of aromatic nitrogens is 4. The third kappa shape index (κ3) is 1.93. The molecule has 0 fully saturated rings. The van der Waals surface area contributed by atoms with Gasteiger partial charge >= 0.3 is 5.69 Å². The second-order valence-electron chi connectivity index (χ2n) is 2.57. The molecule has 0 amide bonds. The monoisotopic (exact) mass is 317 g/mol. The molecule has 0 atom stereocenters. The maximum absolute atomic E-state index is 10.8. The summed E-state index contributed by atoms with van der Waals surface area (Å²) in [5.74, 6) is 0.116. The van der Waals surface area contributed by atoms with Crippen molar-refractivity contribution in [3.05, 3.63) is 38.3 Å². The SMILES string of the molecule is O=[N+]([O-])c1cc(I)cnc1-n1nccn1. The zero-order valence-electron chi connectivity index (χ0n) is 7.24. The van der Waals surface area contributed by atoms with Crippen molar-refractivity contribution in [2.45, 2.75) is 0 Å². The maximum atomic E-state index is 10.8. The lowest BCUT2D eigenvalue weighted by atomic mass is 10.4. The van der Waals surface area contributed by atoms with Gasteiger partial charge in [-0.05, 0) is 22.6 Å². The highest BCUT2D eigenvalue weighted by atomic mass is 127. The van der Waals surface area contributed by atoms with Crippen molar-refractivity contribution in [1.29, 1.82) is 0 Å². The maximum Gasteiger partial charge on any atom is 0.316 e. The Labute approximate surface area is 97.4 Å². The minimum Gasteiger partial charge on any atom is -0.258 e. The molecular weight excluding hydrogens is 313 g/mol. The van der Waals surface area contributed by atoms with Gasteiger partial charge in [0, 0.05) is 15.8 Å². The van der Waals surface area contributed by atoms with Crippen LogP contribution in [-0.2, 0) is 0 Å². The molecule has 0 N–H and O–H groups in total. The Balaban J connectivity index is 2.61. The van der Waals surface area contributed by atoms with Crippen LogP contribution in [0.4, 0.5) is 5.69 Å². The van der Waals surface area contributed by atoms with Gasteiger partial charge in [-0.25, -0.2) is 4.98 Å². The van der Waals surface area contributed by atoms with Crippen molar-refractivity contribution in [3.8, 4) is 5.82 Å². The number of hydrogen-bond donors (Lipinski definition) is 0. The van der Waals surface area contributed by atoms with Gasteiger partial charge < -0.3 is 0 Å². The van der Waals surface area contributed by atoms with E-state index >= 15 is 0 Å². The molecular formula is C7H4IN5O2. The summed E-state index contributed by atoms with van der Waals surface area (Å²) < 4.78 is 0.690. The number of halogens is 1. The van der Waals surface area contributed by atoms with E-state index in [9.17, 15) is 10.1 Å². The van der Waals surface area contributed by atoms with E-state index in [4.69, 9.17) is 0 Å². The topological polar surface area (TPSA) is 86.7 Å². The first-order chi connectivity index (χ1) is 7.18. The number of rotatable bonds is 2. The number of pyridine rings is 1. The molecule has 2 aromatic heterocycles. The van der Waals surface area contributed by atoms with Crippen LogP contribution in [0.5, 0.6) is 0 Å². The van der Waals surface area contributed by atoms with E-state index in [2.05, 4.69) is 15.2 Å². The predicted octanol–water partition coefficient (Wildman–Crippen LogP) is 1.18. The summed E-state index contributed by atoms with van der Waals surface area (Å²) in [6.07, 6.45) is 4.39. The number of nitrogens with zero attached hydrogens (tertiary/aromatic N) is 5. The molecule has 8 heteroatoms. The average molecular weight is 317 g/mol. The molecule has 0 unspecified atom stereocenters. The van der Waals surface area contributed by atoms with Crippen LogP contribution >= 0.6 is 22.6 Å². The van der Waals surface area contributed by atoms with Crippen LogP contribution in [0.3, 0.4) is 0 Å². The van der Waals surface area contributed by atoms with Crippen molar-refractivity contribution in [2.24, 2.45) is 0 Å². The highest BCUT2D eigenvalue weighted by molar-refractivity contribution is 14.1. The van der Waals surface area contributed by atoms with Gasteiger partial charge in [-0.1, -0.05) is 0 Å². The lowest BCUT2D eigenvalue weighted by molar-refractivity contribution is -0.385. The Kier molecular flexibility index (Phi) is 2.58. The fourth-order valence-corrected chi connectivity index (χ4v) is 1.47. The minimum absolute atomic E-state index is 0.113. The second-order valence-corrected chi connectivity index (χ2v) is 3.82. The van der Waals surface area contributed by atoms with Gasteiger partial charge in [0.15, 0.2) is 0 Å². The summed E-state index contributed by atoms with van der Waals surface area (Å²) in [6.45, 7) is 0. The van der Waals surface area contributed by atoms with Crippen LogP contribution in [0.25, 0.3) is 5.82 Å². The first-order valence-corrected chi connectivity index (χ1v) is 4.93. The van der Waals surface area contributed by atoms with E-state index in [0.29, 0.717) is 3.57 Å². The number of hydrogen-bond acceptors (Lipinski definition) is 5. The summed E-state index contributed by atoms with van der Waals surface area (Å²) in [7, 11) is 0. The Hall–Kier alpha value is -1.58. The smallest absolute Gasteiger partial charge is 0.258 e.